The maximum Gasteiger partial charge on any atom is 0.508 e. The smallest absolute Gasteiger partial charge is 0.438 e. The number of carbonyl (C=O) groups is 1. The summed E-state index contributed by atoms with van der Waals surface area (Å²) in [4.78, 5) is 10.7. The summed E-state index contributed by atoms with van der Waals surface area (Å²) in [6.45, 7) is 2.17. The molecule has 0 aliphatic heterocycles. The van der Waals surface area contributed by atoms with Crippen LogP contribution in [0.1, 0.15) is 12.5 Å². The molecule has 0 spiro atoms. The van der Waals surface area contributed by atoms with Gasteiger partial charge in [-0.15, -0.1) is 0 Å². The SMILES string of the molecule is COC(=O)OC/C=C(\C)c1cccc(Br)c1. The lowest BCUT2D eigenvalue weighted by molar-refractivity contribution is 0.0819. The number of rotatable bonds is 3. The van der Waals surface area contributed by atoms with Crippen molar-refractivity contribution >= 4 is 27.7 Å². The Bertz CT molecular complexity index is 399. The molecule has 0 aromatic heterocycles. The van der Waals surface area contributed by atoms with Gasteiger partial charge >= 0.3 is 6.16 Å². The highest BCUT2D eigenvalue weighted by Crippen LogP contribution is 2.18. The molecule has 1 aromatic carbocycles. The van der Waals surface area contributed by atoms with Crippen LogP contribution < -0.4 is 0 Å². The third-order valence-corrected chi connectivity index (χ3v) is 2.53. The van der Waals surface area contributed by atoms with E-state index in [9.17, 15) is 4.79 Å². The molecule has 0 N–H and O–H groups in total. The summed E-state index contributed by atoms with van der Waals surface area (Å²) in [6, 6.07) is 7.92. The number of halogens is 1. The fourth-order valence-electron chi connectivity index (χ4n) is 1.15. The Morgan fingerprint density at radius 1 is 1.50 bits per heavy atom. The lowest BCUT2D eigenvalue weighted by Crippen LogP contribution is -2.03. The zero-order valence-corrected chi connectivity index (χ0v) is 10.8. The summed E-state index contributed by atoms with van der Waals surface area (Å²) in [7, 11) is 1.28. The standard InChI is InChI=1S/C12H13BrO3/c1-9(6-7-16-12(14)15-2)10-4-3-5-11(13)8-10/h3-6,8H,7H2,1-2H3/b9-6+. The van der Waals surface area contributed by atoms with Crippen LogP contribution in [0.2, 0.25) is 0 Å². The first-order valence-corrected chi connectivity index (χ1v) is 5.56. The van der Waals surface area contributed by atoms with Crippen molar-refractivity contribution in [2.24, 2.45) is 0 Å². The van der Waals surface area contributed by atoms with Crippen molar-refractivity contribution in [1.82, 2.24) is 0 Å². The highest BCUT2D eigenvalue weighted by atomic mass is 79.9. The van der Waals surface area contributed by atoms with Gasteiger partial charge in [-0.25, -0.2) is 4.79 Å². The van der Waals surface area contributed by atoms with E-state index in [2.05, 4.69) is 20.7 Å². The summed E-state index contributed by atoms with van der Waals surface area (Å²) in [5.74, 6) is 0. The molecule has 0 aliphatic rings. The molecule has 0 amide bonds. The molecular weight excluding hydrogens is 272 g/mol. The molecular formula is C12H13BrO3. The van der Waals surface area contributed by atoms with Crippen molar-refractivity contribution in [3.8, 4) is 0 Å². The number of benzene rings is 1. The highest BCUT2D eigenvalue weighted by molar-refractivity contribution is 9.10. The van der Waals surface area contributed by atoms with Crippen LogP contribution in [0.5, 0.6) is 0 Å². The number of hydrogen-bond donors (Lipinski definition) is 0. The zero-order valence-electron chi connectivity index (χ0n) is 9.20. The largest absolute Gasteiger partial charge is 0.508 e. The zero-order chi connectivity index (χ0) is 12.0. The van der Waals surface area contributed by atoms with Gasteiger partial charge in [0.15, 0.2) is 0 Å². The molecule has 0 unspecified atom stereocenters. The van der Waals surface area contributed by atoms with Crippen LogP contribution in [0.25, 0.3) is 5.57 Å². The fraction of sp³-hybridized carbons (Fsp3) is 0.250. The average Bonchev–Trinajstić information content (AvgIpc) is 2.28. The topological polar surface area (TPSA) is 35.5 Å². The van der Waals surface area contributed by atoms with E-state index >= 15 is 0 Å². The molecule has 1 rings (SSSR count). The van der Waals surface area contributed by atoms with E-state index in [-0.39, 0.29) is 6.61 Å². The van der Waals surface area contributed by atoms with E-state index in [1.807, 2.05) is 37.3 Å². The minimum absolute atomic E-state index is 0.213. The molecule has 0 aliphatic carbocycles. The summed E-state index contributed by atoms with van der Waals surface area (Å²) in [5, 5.41) is 0. The molecule has 0 radical (unpaired) electrons. The van der Waals surface area contributed by atoms with Crippen molar-refractivity contribution in [1.29, 1.82) is 0 Å². The second-order valence-corrected chi connectivity index (χ2v) is 4.08. The van der Waals surface area contributed by atoms with Gasteiger partial charge < -0.3 is 9.47 Å². The first-order valence-electron chi connectivity index (χ1n) is 4.77. The molecule has 0 atom stereocenters. The van der Waals surface area contributed by atoms with Gasteiger partial charge in [-0.2, -0.15) is 0 Å². The van der Waals surface area contributed by atoms with Gasteiger partial charge in [0.1, 0.15) is 6.61 Å². The first-order chi connectivity index (χ1) is 7.63. The van der Waals surface area contributed by atoms with Gasteiger partial charge in [-0.05, 0) is 36.3 Å². The second-order valence-electron chi connectivity index (χ2n) is 3.16. The van der Waals surface area contributed by atoms with Gasteiger partial charge in [0.2, 0.25) is 0 Å². The van der Waals surface area contributed by atoms with Gasteiger partial charge in [0.05, 0.1) is 7.11 Å². The minimum atomic E-state index is -0.668. The van der Waals surface area contributed by atoms with E-state index in [0.717, 1.165) is 15.6 Å². The summed E-state index contributed by atoms with van der Waals surface area (Å²) in [6.07, 6.45) is 1.16. The molecule has 1 aromatic rings. The number of ether oxygens (including phenoxy) is 2. The maximum absolute atomic E-state index is 10.7. The van der Waals surface area contributed by atoms with Crippen LogP contribution in [0.4, 0.5) is 4.79 Å². The second kappa shape index (κ2) is 6.33. The van der Waals surface area contributed by atoms with Crippen molar-refractivity contribution in [3.63, 3.8) is 0 Å². The quantitative estimate of drug-likeness (QED) is 0.795. The normalized spacial score (nSPS) is 11.1. The monoisotopic (exact) mass is 284 g/mol. The molecule has 0 saturated heterocycles. The van der Waals surface area contributed by atoms with Crippen molar-refractivity contribution in [2.75, 3.05) is 13.7 Å². The summed E-state index contributed by atoms with van der Waals surface area (Å²) in [5.41, 5.74) is 2.13. The van der Waals surface area contributed by atoms with Crippen LogP contribution in [0, 0.1) is 0 Å². The van der Waals surface area contributed by atoms with Crippen LogP contribution in [0.15, 0.2) is 34.8 Å². The molecule has 4 heteroatoms. The predicted molar refractivity (Wildman–Crippen MR) is 66.2 cm³/mol. The predicted octanol–water partition coefficient (Wildman–Crippen LogP) is 3.64. The third-order valence-electron chi connectivity index (χ3n) is 2.04. The van der Waals surface area contributed by atoms with E-state index < -0.39 is 6.16 Å². The summed E-state index contributed by atoms with van der Waals surface area (Å²) < 4.78 is 10.1. The van der Waals surface area contributed by atoms with Crippen LogP contribution in [-0.4, -0.2) is 19.9 Å². The maximum atomic E-state index is 10.7. The van der Waals surface area contributed by atoms with E-state index in [1.54, 1.807) is 0 Å². The third kappa shape index (κ3) is 4.06. The first kappa shape index (κ1) is 12.8. The Kier molecular flexibility index (Phi) is 5.05. The Morgan fingerprint density at radius 3 is 2.88 bits per heavy atom. The lowest BCUT2D eigenvalue weighted by Gasteiger charge is -2.03. The van der Waals surface area contributed by atoms with Crippen LogP contribution in [0.3, 0.4) is 0 Å². The number of methoxy groups -OCH3 is 1. The molecule has 86 valence electrons. The molecule has 16 heavy (non-hydrogen) atoms. The molecule has 3 nitrogen and oxygen atoms in total. The fourth-order valence-corrected chi connectivity index (χ4v) is 1.54. The molecule has 0 bridgehead atoms. The van der Waals surface area contributed by atoms with Gasteiger partial charge in [-0.1, -0.05) is 28.1 Å². The minimum Gasteiger partial charge on any atom is -0.438 e. The van der Waals surface area contributed by atoms with Crippen molar-refractivity contribution < 1.29 is 14.3 Å². The van der Waals surface area contributed by atoms with Crippen molar-refractivity contribution in [2.45, 2.75) is 6.92 Å². The Balaban J connectivity index is 2.60. The van der Waals surface area contributed by atoms with Gasteiger partial charge in [0.25, 0.3) is 0 Å². The molecule has 0 heterocycles. The number of hydrogen-bond acceptors (Lipinski definition) is 3. The molecule has 0 fully saturated rings. The van der Waals surface area contributed by atoms with Crippen LogP contribution >= 0.6 is 15.9 Å². The van der Waals surface area contributed by atoms with Crippen LogP contribution in [-0.2, 0) is 9.47 Å². The average molecular weight is 285 g/mol. The molecule has 0 saturated carbocycles. The Hall–Kier alpha value is -1.29. The summed E-state index contributed by atoms with van der Waals surface area (Å²) >= 11 is 3.40. The van der Waals surface area contributed by atoms with Gasteiger partial charge in [0, 0.05) is 4.47 Å². The van der Waals surface area contributed by atoms with E-state index in [0.29, 0.717) is 0 Å². The van der Waals surface area contributed by atoms with Crippen molar-refractivity contribution in [3.05, 3.63) is 40.4 Å². The van der Waals surface area contributed by atoms with Gasteiger partial charge in [-0.3, -0.25) is 0 Å². The number of allylic oxidation sites excluding steroid dienone is 1. The Morgan fingerprint density at radius 2 is 2.25 bits per heavy atom. The highest BCUT2D eigenvalue weighted by Gasteiger charge is 1.99. The number of carbonyl (C=O) groups excluding carboxylic acids is 1. The Labute approximate surface area is 103 Å². The van der Waals surface area contributed by atoms with E-state index in [1.165, 1.54) is 7.11 Å². The lowest BCUT2D eigenvalue weighted by atomic mass is 10.1. The van der Waals surface area contributed by atoms with E-state index in [4.69, 9.17) is 4.74 Å².